The van der Waals surface area contributed by atoms with Gasteiger partial charge in [0.1, 0.15) is 42.6 Å². The van der Waals surface area contributed by atoms with E-state index < -0.39 is 18.1 Å². The Morgan fingerprint density at radius 1 is 1.00 bits per heavy atom. The van der Waals surface area contributed by atoms with E-state index in [4.69, 9.17) is 30.9 Å². The van der Waals surface area contributed by atoms with E-state index in [2.05, 4.69) is 35.4 Å². The number of hydrogen-bond donors (Lipinski definition) is 4. The number of hydrogen-bond acceptors (Lipinski definition) is 10. The van der Waals surface area contributed by atoms with Crippen molar-refractivity contribution in [1.29, 1.82) is 5.26 Å². The quantitative estimate of drug-likeness (QED) is 0.0861. The molecule has 4 aromatic rings. The summed E-state index contributed by atoms with van der Waals surface area (Å²) in [5.41, 5.74) is 7.05. The number of carboxylic acids is 1. The van der Waals surface area contributed by atoms with Gasteiger partial charge in [-0.1, -0.05) is 48.4 Å². The second-order valence-electron chi connectivity index (χ2n) is 13.2. The molecule has 53 heavy (non-hydrogen) atoms. The normalized spacial score (nSPS) is 15.1. The van der Waals surface area contributed by atoms with E-state index in [9.17, 15) is 20.3 Å². The number of carboxylic acid groups (broad SMARTS) is 1. The summed E-state index contributed by atoms with van der Waals surface area (Å²) in [6.07, 6.45) is 5.47. The third-order valence-electron chi connectivity index (χ3n) is 9.46. The molecule has 1 aliphatic rings. The Kier molecular flexibility index (Phi) is 14.5. The second kappa shape index (κ2) is 19.4. The number of nitrogens with zero attached hydrogens (tertiary/aromatic N) is 3. The molecule has 1 fully saturated rings. The van der Waals surface area contributed by atoms with Crippen molar-refractivity contribution in [2.24, 2.45) is 0 Å². The monoisotopic (exact) mass is 742 g/mol. The average Bonchev–Trinajstić information content (AvgIpc) is 3.16. The molecule has 0 radical (unpaired) electrons. The summed E-state index contributed by atoms with van der Waals surface area (Å²) in [6, 6.07) is 18.9. The highest BCUT2D eigenvalue weighted by Crippen LogP contribution is 2.37. The number of halogens is 1. The number of aliphatic hydroxyl groups excluding tert-OH is 2. The highest BCUT2D eigenvalue weighted by Gasteiger charge is 2.29. The third-order valence-corrected chi connectivity index (χ3v) is 9.75. The zero-order valence-corrected chi connectivity index (χ0v) is 30.9. The Labute approximate surface area is 315 Å². The third kappa shape index (κ3) is 10.7. The zero-order valence-electron chi connectivity index (χ0n) is 30.2. The van der Waals surface area contributed by atoms with Crippen LogP contribution in [0, 0.1) is 25.2 Å². The molecule has 1 aromatic heterocycles. The lowest BCUT2D eigenvalue weighted by atomic mass is 9.93. The highest BCUT2D eigenvalue weighted by molar-refractivity contribution is 6.32. The predicted octanol–water partition coefficient (Wildman–Crippen LogP) is 6.20. The first-order valence-corrected chi connectivity index (χ1v) is 18.3. The van der Waals surface area contributed by atoms with Crippen LogP contribution in [0.3, 0.4) is 0 Å². The molecule has 2 atom stereocenters. The summed E-state index contributed by atoms with van der Waals surface area (Å²) >= 11 is 6.84. The van der Waals surface area contributed by atoms with Gasteiger partial charge in [-0.2, -0.15) is 5.26 Å². The molecule has 0 amide bonds. The van der Waals surface area contributed by atoms with Crippen molar-refractivity contribution in [2.45, 2.75) is 71.4 Å². The van der Waals surface area contributed by atoms with E-state index in [-0.39, 0.29) is 19.8 Å². The number of benzene rings is 3. The average molecular weight is 743 g/mol. The molecule has 1 saturated heterocycles. The van der Waals surface area contributed by atoms with Gasteiger partial charge in [-0.25, -0.2) is 0 Å². The van der Waals surface area contributed by atoms with E-state index in [0.717, 1.165) is 64.0 Å². The number of likely N-dealkylation sites (tertiary alicyclic amines) is 1. The number of nitriles is 1. The Bertz CT molecular complexity index is 1900. The van der Waals surface area contributed by atoms with Gasteiger partial charge in [0.25, 0.3) is 0 Å². The maximum absolute atomic E-state index is 12.1. The summed E-state index contributed by atoms with van der Waals surface area (Å²) in [4.78, 5) is 18.1. The van der Waals surface area contributed by atoms with Crippen molar-refractivity contribution >= 4 is 17.6 Å². The highest BCUT2D eigenvalue weighted by atomic mass is 35.5. The maximum Gasteiger partial charge on any atom is 0.320 e. The van der Waals surface area contributed by atoms with Crippen LogP contribution in [-0.4, -0.2) is 76.2 Å². The number of carbonyl (C=O) groups is 1. The number of nitrogens with one attached hydrogen (secondary N) is 1. The molecule has 1 aliphatic heterocycles. The molecule has 4 N–H and O–H groups in total. The van der Waals surface area contributed by atoms with Gasteiger partial charge in [0.05, 0.1) is 29.9 Å². The van der Waals surface area contributed by atoms with Crippen LogP contribution in [0.2, 0.25) is 5.02 Å². The predicted molar refractivity (Wildman–Crippen MR) is 202 cm³/mol. The van der Waals surface area contributed by atoms with Crippen LogP contribution in [0.5, 0.6) is 17.2 Å². The topological polar surface area (TPSA) is 157 Å². The number of piperidine rings is 1. The number of rotatable bonds is 18. The second-order valence-corrected chi connectivity index (χ2v) is 13.6. The van der Waals surface area contributed by atoms with E-state index in [1.807, 2.05) is 36.1 Å². The molecule has 0 saturated carbocycles. The molecule has 11 nitrogen and oxygen atoms in total. The number of aliphatic carboxylic acids is 1. The summed E-state index contributed by atoms with van der Waals surface area (Å²) < 4.78 is 18.8. The molecule has 280 valence electrons. The molecule has 0 spiro atoms. The lowest BCUT2D eigenvalue weighted by Gasteiger charge is -2.33. The van der Waals surface area contributed by atoms with Crippen molar-refractivity contribution in [1.82, 2.24) is 15.2 Å². The van der Waals surface area contributed by atoms with Crippen LogP contribution in [-0.2, 0) is 24.6 Å². The minimum Gasteiger partial charge on any atom is -0.493 e. The van der Waals surface area contributed by atoms with Gasteiger partial charge in [0, 0.05) is 42.7 Å². The fourth-order valence-electron chi connectivity index (χ4n) is 6.47. The lowest BCUT2D eigenvalue weighted by Crippen LogP contribution is -2.44. The van der Waals surface area contributed by atoms with Crippen LogP contribution in [0.1, 0.15) is 59.1 Å². The van der Waals surface area contributed by atoms with Gasteiger partial charge in [0.2, 0.25) is 0 Å². The number of pyridine rings is 1. The van der Waals surface area contributed by atoms with Gasteiger partial charge >= 0.3 is 5.97 Å². The molecule has 5 rings (SSSR count). The van der Waals surface area contributed by atoms with Gasteiger partial charge in [0.15, 0.2) is 0 Å². The van der Waals surface area contributed by atoms with Crippen LogP contribution < -0.4 is 19.5 Å². The smallest absolute Gasteiger partial charge is 0.320 e. The first kappa shape index (κ1) is 39.5. The maximum atomic E-state index is 12.1. The molecular formula is C41H47ClN4O7. The Morgan fingerprint density at radius 3 is 2.55 bits per heavy atom. The molecule has 12 heteroatoms. The lowest BCUT2D eigenvalue weighted by molar-refractivity contribution is -0.144. The van der Waals surface area contributed by atoms with Crippen molar-refractivity contribution in [3.05, 3.63) is 105 Å². The molecular weight excluding hydrogens is 696 g/mol. The molecule has 0 aliphatic carbocycles. The Balaban J connectivity index is 1.32. The minimum atomic E-state index is -0.842. The number of aromatic nitrogens is 1. The van der Waals surface area contributed by atoms with Crippen molar-refractivity contribution in [2.75, 3.05) is 32.8 Å². The SMILES string of the molecule is Cc1c(COc2cc(OCc3cncc(C#N)c3)c(CN3CCCC[C@H]3C(=O)O)cc2Cl)cccc1-c1cccc(OCCCNCC(O)CO)c1C. The van der Waals surface area contributed by atoms with Crippen LogP contribution in [0.15, 0.2) is 67.0 Å². The first-order chi connectivity index (χ1) is 25.7. The van der Waals surface area contributed by atoms with Crippen molar-refractivity contribution in [3.63, 3.8) is 0 Å². The largest absolute Gasteiger partial charge is 0.493 e. The molecule has 1 unspecified atom stereocenters. The van der Waals surface area contributed by atoms with E-state index in [0.29, 0.717) is 61.3 Å². The summed E-state index contributed by atoms with van der Waals surface area (Å²) in [5.74, 6) is 0.899. The summed E-state index contributed by atoms with van der Waals surface area (Å²) in [5, 5.41) is 41.2. The van der Waals surface area contributed by atoms with E-state index in [1.165, 1.54) is 6.20 Å². The van der Waals surface area contributed by atoms with Crippen molar-refractivity contribution < 1.29 is 34.3 Å². The van der Waals surface area contributed by atoms with Crippen LogP contribution >= 0.6 is 11.6 Å². The Morgan fingerprint density at radius 2 is 1.77 bits per heavy atom. The van der Waals surface area contributed by atoms with E-state index >= 15 is 0 Å². The summed E-state index contributed by atoms with van der Waals surface area (Å²) in [6.45, 7) is 6.73. The summed E-state index contributed by atoms with van der Waals surface area (Å²) in [7, 11) is 0. The zero-order chi connectivity index (χ0) is 37.7. The van der Waals surface area contributed by atoms with Crippen molar-refractivity contribution in [3.8, 4) is 34.4 Å². The van der Waals surface area contributed by atoms with Gasteiger partial charge in [-0.05, 0) is 92.2 Å². The van der Waals surface area contributed by atoms with Crippen LogP contribution in [0.25, 0.3) is 11.1 Å². The first-order valence-electron chi connectivity index (χ1n) is 17.9. The standard InChI is InChI=1S/C41H47ClN4O7/c1-27-31(8-5-9-34(27)35-10-6-12-38(28(35)2)51-15-7-13-44-22-33(48)24-47)26-53-40-18-39(52-25-30-16-29(19-43)20-45-21-30)32(17-36(40)42)23-46-14-4-3-11-37(46)41(49)50/h5-6,8-10,12,16-18,20-21,33,37,44,47-48H,3-4,7,11,13-15,22-26H2,1-2H3,(H,49,50)/t33?,37-/m0/s1. The fourth-order valence-corrected chi connectivity index (χ4v) is 6.71. The molecule has 0 bridgehead atoms. The number of aliphatic hydroxyl groups is 2. The van der Waals surface area contributed by atoms with E-state index in [1.54, 1.807) is 24.4 Å². The van der Waals surface area contributed by atoms with Gasteiger partial charge in [-0.3, -0.25) is 14.7 Å². The van der Waals surface area contributed by atoms with Gasteiger partial charge in [-0.15, -0.1) is 0 Å². The fraction of sp³-hybridized carbons (Fsp3) is 0.390. The minimum absolute atomic E-state index is 0.147. The number of ether oxygens (including phenoxy) is 3. The van der Waals surface area contributed by atoms with Crippen LogP contribution in [0.4, 0.5) is 0 Å². The Hall–Kier alpha value is -4.70. The van der Waals surface area contributed by atoms with Gasteiger partial charge < -0.3 is 34.8 Å². The molecule has 2 heterocycles. The molecule has 3 aromatic carbocycles.